The van der Waals surface area contributed by atoms with Gasteiger partial charge in [-0.3, -0.25) is 4.57 Å². The molecule has 322 valence electrons. The standard InChI is InChI=1S/C63H40N6/c1-4-19-41(20-5-1)43-35-37-44(38-36-43)61-64-62(46-24-18-23-45(39-46)42-21-6-2-7-22-42)66-63(65-61)69-55-33-16-12-29-50(55)52-40-57-58(51-30-13-17-34-56(51)67(57)47-25-8-3-9-26-47)60(59(52)69)68-53-31-14-10-27-48(53)49-28-11-15-32-54(49)68/h1-40H. The Morgan fingerprint density at radius 1 is 0.261 bits per heavy atom. The van der Waals surface area contributed by atoms with E-state index < -0.39 is 0 Å². The maximum absolute atomic E-state index is 5.54. The second-order valence-electron chi connectivity index (χ2n) is 17.6. The minimum Gasteiger partial charge on any atom is -0.309 e. The Morgan fingerprint density at radius 2 is 0.696 bits per heavy atom. The van der Waals surface area contributed by atoms with E-state index in [2.05, 4.69) is 244 Å². The number of hydrogen-bond acceptors (Lipinski definition) is 3. The highest BCUT2D eigenvalue weighted by Gasteiger charge is 2.28. The van der Waals surface area contributed by atoms with Crippen LogP contribution in [0.1, 0.15) is 0 Å². The molecule has 0 saturated heterocycles. The molecule has 0 atom stereocenters. The molecule has 0 fully saturated rings. The fraction of sp³-hybridized carbons (Fsp3) is 0. The number of nitrogens with zero attached hydrogens (tertiary/aromatic N) is 6. The molecule has 0 N–H and O–H groups in total. The third-order valence-electron chi connectivity index (χ3n) is 13.7. The summed E-state index contributed by atoms with van der Waals surface area (Å²) in [6.07, 6.45) is 0. The quantitative estimate of drug-likeness (QED) is 0.160. The monoisotopic (exact) mass is 880 g/mol. The van der Waals surface area contributed by atoms with Gasteiger partial charge in [0.2, 0.25) is 5.95 Å². The summed E-state index contributed by atoms with van der Waals surface area (Å²) >= 11 is 0. The van der Waals surface area contributed by atoms with Crippen molar-refractivity contribution in [3.8, 4) is 62.4 Å². The molecule has 0 bridgehead atoms. The maximum Gasteiger partial charge on any atom is 0.238 e. The van der Waals surface area contributed by atoms with Crippen molar-refractivity contribution in [1.29, 1.82) is 0 Å². The van der Waals surface area contributed by atoms with Crippen LogP contribution in [0.3, 0.4) is 0 Å². The second kappa shape index (κ2) is 15.6. The van der Waals surface area contributed by atoms with E-state index in [9.17, 15) is 0 Å². The minimum absolute atomic E-state index is 0.534. The predicted octanol–water partition coefficient (Wildman–Crippen LogP) is 15.8. The van der Waals surface area contributed by atoms with Crippen LogP contribution >= 0.6 is 0 Å². The highest BCUT2D eigenvalue weighted by Crippen LogP contribution is 2.47. The van der Waals surface area contributed by atoms with Gasteiger partial charge in [-0.15, -0.1) is 0 Å². The topological polar surface area (TPSA) is 53.5 Å². The number of hydrogen-bond donors (Lipinski definition) is 0. The summed E-state index contributed by atoms with van der Waals surface area (Å²) in [5, 5.41) is 6.86. The van der Waals surface area contributed by atoms with E-state index in [0.29, 0.717) is 17.6 Å². The van der Waals surface area contributed by atoms with Gasteiger partial charge in [-0.25, -0.2) is 4.98 Å². The average molecular weight is 881 g/mol. The molecule has 14 aromatic rings. The van der Waals surface area contributed by atoms with Gasteiger partial charge >= 0.3 is 0 Å². The van der Waals surface area contributed by atoms with Crippen LogP contribution in [0.15, 0.2) is 243 Å². The number of benzene rings is 10. The summed E-state index contributed by atoms with van der Waals surface area (Å²) in [7, 11) is 0. The number of rotatable bonds is 7. The number of fused-ring (bicyclic) bond motifs is 9. The van der Waals surface area contributed by atoms with Gasteiger partial charge in [0.15, 0.2) is 11.6 Å². The molecule has 0 aliphatic carbocycles. The van der Waals surface area contributed by atoms with E-state index >= 15 is 0 Å². The molecule has 69 heavy (non-hydrogen) atoms. The smallest absolute Gasteiger partial charge is 0.238 e. The molecule has 10 aromatic carbocycles. The molecule has 0 radical (unpaired) electrons. The van der Waals surface area contributed by atoms with Crippen LogP contribution in [0.2, 0.25) is 0 Å². The van der Waals surface area contributed by atoms with Crippen molar-refractivity contribution in [2.75, 3.05) is 0 Å². The molecular formula is C63H40N6. The first-order valence-electron chi connectivity index (χ1n) is 23.4. The van der Waals surface area contributed by atoms with E-state index in [4.69, 9.17) is 15.0 Å². The van der Waals surface area contributed by atoms with Gasteiger partial charge in [-0.1, -0.05) is 194 Å². The molecular weight excluding hydrogens is 841 g/mol. The third kappa shape index (κ3) is 6.16. The molecule has 0 unspecified atom stereocenters. The van der Waals surface area contributed by atoms with E-state index in [1.54, 1.807) is 0 Å². The van der Waals surface area contributed by atoms with Crippen LogP contribution in [-0.4, -0.2) is 28.7 Å². The van der Waals surface area contributed by atoms with Crippen molar-refractivity contribution in [1.82, 2.24) is 28.7 Å². The summed E-state index contributed by atoms with van der Waals surface area (Å²) in [6.45, 7) is 0. The summed E-state index contributed by atoms with van der Waals surface area (Å²) < 4.78 is 7.21. The molecule has 6 nitrogen and oxygen atoms in total. The Morgan fingerprint density at radius 3 is 1.32 bits per heavy atom. The summed E-state index contributed by atoms with van der Waals surface area (Å²) in [4.78, 5) is 16.4. The van der Waals surface area contributed by atoms with E-state index in [-0.39, 0.29) is 0 Å². The highest BCUT2D eigenvalue weighted by atomic mass is 15.2. The van der Waals surface area contributed by atoms with Gasteiger partial charge in [0.25, 0.3) is 0 Å². The third-order valence-corrected chi connectivity index (χ3v) is 13.7. The molecule has 4 aromatic heterocycles. The van der Waals surface area contributed by atoms with Crippen molar-refractivity contribution < 1.29 is 0 Å². The zero-order valence-corrected chi connectivity index (χ0v) is 37.3. The number of para-hydroxylation sites is 5. The van der Waals surface area contributed by atoms with Crippen LogP contribution in [0.25, 0.3) is 128 Å². The first-order chi connectivity index (χ1) is 34.2. The minimum atomic E-state index is 0.534. The lowest BCUT2D eigenvalue weighted by Gasteiger charge is -2.17. The van der Waals surface area contributed by atoms with Gasteiger partial charge in [-0.05, 0) is 70.8 Å². The maximum atomic E-state index is 5.54. The Hall–Kier alpha value is -9.39. The van der Waals surface area contributed by atoms with Crippen LogP contribution in [-0.2, 0) is 0 Å². The largest absolute Gasteiger partial charge is 0.309 e. The zero-order chi connectivity index (χ0) is 45.4. The van der Waals surface area contributed by atoms with Crippen molar-refractivity contribution in [2.24, 2.45) is 0 Å². The average Bonchev–Trinajstić information content (AvgIpc) is 4.07. The van der Waals surface area contributed by atoms with Crippen LogP contribution in [0.5, 0.6) is 0 Å². The Kier molecular flexibility index (Phi) is 8.79. The van der Waals surface area contributed by atoms with Crippen molar-refractivity contribution in [2.45, 2.75) is 0 Å². The van der Waals surface area contributed by atoms with Crippen LogP contribution < -0.4 is 0 Å². The highest BCUT2D eigenvalue weighted by molar-refractivity contribution is 6.26. The Bertz CT molecular complexity index is 4230. The van der Waals surface area contributed by atoms with Crippen molar-refractivity contribution in [3.05, 3.63) is 243 Å². The fourth-order valence-electron chi connectivity index (χ4n) is 10.6. The predicted molar refractivity (Wildman–Crippen MR) is 285 cm³/mol. The molecule has 4 heterocycles. The Labute approximate surface area is 397 Å². The van der Waals surface area contributed by atoms with E-state index in [1.807, 2.05) is 12.1 Å². The SMILES string of the molecule is c1ccc(-c2ccc(-c3nc(-c4cccc(-c5ccccc5)c4)nc(-n4c5ccccc5c5cc6c(c(-n7c8ccccc8c8ccccc87)c54)c4ccccc4n6-c4ccccc4)n3)cc2)cc1. The second-order valence-corrected chi connectivity index (χ2v) is 17.6. The zero-order valence-electron chi connectivity index (χ0n) is 37.3. The van der Waals surface area contributed by atoms with E-state index in [0.717, 1.165) is 99.4 Å². The number of aromatic nitrogens is 6. The first-order valence-corrected chi connectivity index (χ1v) is 23.4. The van der Waals surface area contributed by atoms with Gasteiger partial charge in [0.1, 0.15) is 0 Å². The molecule has 0 aliphatic rings. The van der Waals surface area contributed by atoms with Crippen LogP contribution in [0.4, 0.5) is 0 Å². The van der Waals surface area contributed by atoms with Gasteiger partial charge in [0, 0.05) is 49.1 Å². The molecule has 0 spiro atoms. The normalized spacial score (nSPS) is 11.8. The summed E-state index contributed by atoms with van der Waals surface area (Å²) in [5.41, 5.74) is 14.9. The first kappa shape index (κ1) is 38.8. The summed E-state index contributed by atoms with van der Waals surface area (Å²) in [5.74, 6) is 1.71. The van der Waals surface area contributed by atoms with Crippen molar-refractivity contribution >= 4 is 65.4 Å². The lowest BCUT2D eigenvalue weighted by Crippen LogP contribution is -2.08. The van der Waals surface area contributed by atoms with Gasteiger partial charge in [-0.2, -0.15) is 9.97 Å². The lowest BCUT2D eigenvalue weighted by molar-refractivity contribution is 0.950. The molecule has 0 aliphatic heterocycles. The lowest BCUT2D eigenvalue weighted by atomic mass is 10.0. The molecule has 0 saturated carbocycles. The van der Waals surface area contributed by atoms with Crippen molar-refractivity contribution in [3.63, 3.8) is 0 Å². The fourth-order valence-corrected chi connectivity index (χ4v) is 10.6. The molecule has 0 amide bonds. The van der Waals surface area contributed by atoms with Gasteiger partial charge < -0.3 is 9.13 Å². The van der Waals surface area contributed by atoms with E-state index in [1.165, 1.54) is 10.8 Å². The van der Waals surface area contributed by atoms with Crippen LogP contribution in [0, 0.1) is 0 Å². The molecule has 14 rings (SSSR count). The molecule has 6 heteroatoms. The summed E-state index contributed by atoms with van der Waals surface area (Å²) in [6, 6.07) is 86.2. The van der Waals surface area contributed by atoms with Gasteiger partial charge in [0.05, 0.1) is 38.8 Å². The Balaban J connectivity index is 1.14.